The molecule has 0 radical (unpaired) electrons. The summed E-state index contributed by atoms with van der Waals surface area (Å²) in [5, 5.41) is 8.09. The van der Waals surface area contributed by atoms with Gasteiger partial charge in [-0.3, -0.25) is 0 Å². The zero-order valence-electron chi connectivity index (χ0n) is 10.4. The summed E-state index contributed by atoms with van der Waals surface area (Å²) in [6.07, 6.45) is 3.58. The van der Waals surface area contributed by atoms with Crippen LogP contribution in [0.1, 0.15) is 0 Å². The normalized spacial score (nSPS) is 15.6. The lowest BCUT2D eigenvalue weighted by molar-refractivity contribution is 0.646. The molecule has 98 valence electrons. The largest absolute Gasteiger partial charge is 0.367 e. The van der Waals surface area contributed by atoms with Crippen molar-refractivity contribution in [3.63, 3.8) is 0 Å². The molecule has 5 nitrogen and oxygen atoms in total. The second-order valence-corrected chi connectivity index (χ2v) is 4.79. The highest BCUT2D eigenvalue weighted by atomic mass is 35.5. The van der Waals surface area contributed by atoms with Crippen molar-refractivity contribution in [2.45, 2.75) is 0 Å². The third-order valence-corrected chi connectivity index (χ3v) is 3.41. The van der Waals surface area contributed by atoms with Gasteiger partial charge in [0.15, 0.2) is 5.15 Å². The van der Waals surface area contributed by atoms with Gasteiger partial charge in [-0.2, -0.15) is 5.10 Å². The third-order valence-electron chi connectivity index (χ3n) is 3.23. The summed E-state index contributed by atoms with van der Waals surface area (Å²) in [6.45, 7) is 3.74. The number of pyridine rings is 1. The molecule has 2 aromatic rings. The topological polar surface area (TPSA) is 45.2 Å². The quantitative estimate of drug-likeness (QED) is 0.837. The van der Waals surface area contributed by atoms with E-state index in [1.54, 1.807) is 6.20 Å². The average molecular weight is 276 g/mol. The van der Waals surface area contributed by atoms with Crippen molar-refractivity contribution in [1.29, 1.82) is 0 Å². The van der Waals surface area contributed by atoms with E-state index in [9.17, 15) is 0 Å². The zero-order valence-corrected chi connectivity index (χ0v) is 11.2. The number of aromatic nitrogens is 3. The van der Waals surface area contributed by atoms with Gasteiger partial charge in [-0.1, -0.05) is 17.7 Å². The Morgan fingerprint density at radius 2 is 1.84 bits per heavy atom. The third kappa shape index (κ3) is 2.76. The van der Waals surface area contributed by atoms with E-state index in [0.29, 0.717) is 5.15 Å². The fourth-order valence-corrected chi connectivity index (χ4v) is 2.39. The lowest BCUT2D eigenvalue weighted by Crippen LogP contribution is -2.46. The van der Waals surface area contributed by atoms with Crippen LogP contribution in [0.25, 0.3) is 0 Å². The van der Waals surface area contributed by atoms with Gasteiger partial charge in [0.05, 0.1) is 11.9 Å². The number of piperazine rings is 1. The monoisotopic (exact) mass is 275 g/mol. The summed E-state index contributed by atoms with van der Waals surface area (Å²) in [6, 6.07) is 7.84. The second kappa shape index (κ2) is 5.40. The van der Waals surface area contributed by atoms with Crippen molar-refractivity contribution in [3.05, 3.63) is 41.8 Å². The molecule has 0 N–H and O–H groups in total. The van der Waals surface area contributed by atoms with Crippen LogP contribution in [-0.2, 0) is 0 Å². The van der Waals surface area contributed by atoms with Crippen LogP contribution in [0.4, 0.5) is 11.5 Å². The van der Waals surface area contributed by atoms with E-state index in [4.69, 9.17) is 11.6 Å². The van der Waals surface area contributed by atoms with Gasteiger partial charge in [0.2, 0.25) is 0 Å². The summed E-state index contributed by atoms with van der Waals surface area (Å²) >= 11 is 5.87. The molecule has 0 bridgehead atoms. The Morgan fingerprint density at radius 1 is 1.05 bits per heavy atom. The van der Waals surface area contributed by atoms with Crippen molar-refractivity contribution < 1.29 is 0 Å². The SMILES string of the molecule is Clc1cc(N2CCN(c3ccccn3)CC2)cnn1. The highest BCUT2D eigenvalue weighted by molar-refractivity contribution is 6.29. The molecule has 6 heteroatoms. The van der Waals surface area contributed by atoms with Gasteiger partial charge in [-0.05, 0) is 12.1 Å². The van der Waals surface area contributed by atoms with E-state index >= 15 is 0 Å². The molecule has 2 aromatic heterocycles. The predicted octanol–water partition coefficient (Wildman–Crippen LogP) is 1.85. The maximum atomic E-state index is 5.87. The molecule has 0 aromatic carbocycles. The molecule has 0 saturated carbocycles. The highest BCUT2D eigenvalue weighted by Crippen LogP contribution is 2.19. The summed E-state index contributed by atoms with van der Waals surface area (Å²) < 4.78 is 0. The molecule has 0 atom stereocenters. The van der Waals surface area contributed by atoms with Crippen molar-refractivity contribution in [2.24, 2.45) is 0 Å². The van der Waals surface area contributed by atoms with E-state index in [2.05, 4.69) is 25.0 Å². The van der Waals surface area contributed by atoms with Gasteiger partial charge >= 0.3 is 0 Å². The summed E-state index contributed by atoms with van der Waals surface area (Å²) in [5.41, 5.74) is 1.03. The van der Waals surface area contributed by atoms with Crippen LogP contribution in [-0.4, -0.2) is 41.4 Å². The lowest BCUT2D eigenvalue weighted by Gasteiger charge is -2.36. The van der Waals surface area contributed by atoms with Crippen molar-refractivity contribution in [1.82, 2.24) is 15.2 Å². The highest BCUT2D eigenvalue weighted by Gasteiger charge is 2.18. The van der Waals surface area contributed by atoms with Gasteiger partial charge < -0.3 is 9.80 Å². The van der Waals surface area contributed by atoms with Crippen LogP contribution in [0.15, 0.2) is 36.7 Å². The molecule has 1 aliphatic rings. The molecule has 0 amide bonds. The Kier molecular flexibility index (Phi) is 3.46. The van der Waals surface area contributed by atoms with E-state index in [1.807, 2.05) is 30.5 Å². The fraction of sp³-hybridized carbons (Fsp3) is 0.308. The van der Waals surface area contributed by atoms with Gasteiger partial charge in [0, 0.05) is 38.4 Å². The molecule has 19 heavy (non-hydrogen) atoms. The van der Waals surface area contributed by atoms with Crippen LogP contribution >= 0.6 is 11.6 Å². The van der Waals surface area contributed by atoms with Crippen molar-refractivity contribution in [3.8, 4) is 0 Å². The number of hydrogen-bond acceptors (Lipinski definition) is 5. The smallest absolute Gasteiger partial charge is 0.153 e. The molecular weight excluding hydrogens is 262 g/mol. The van der Waals surface area contributed by atoms with Gasteiger partial charge in [-0.15, -0.1) is 5.10 Å². The molecule has 1 aliphatic heterocycles. The van der Waals surface area contributed by atoms with Gasteiger partial charge in [0.25, 0.3) is 0 Å². The second-order valence-electron chi connectivity index (χ2n) is 4.40. The van der Waals surface area contributed by atoms with Crippen molar-refractivity contribution >= 4 is 23.1 Å². The van der Waals surface area contributed by atoms with E-state index in [1.165, 1.54) is 0 Å². The maximum absolute atomic E-state index is 5.87. The maximum Gasteiger partial charge on any atom is 0.153 e. The fourth-order valence-electron chi connectivity index (χ4n) is 2.24. The predicted molar refractivity (Wildman–Crippen MR) is 75.7 cm³/mol. The molecule has 3 rings (SSSR count). The summed E-state index contributed by atoms with van der Waals surface area (Å²) in [4.78, 5) is 8.93. The molecule has 0 unspecified atom stereocenters. The molecule has 1 fully saturated rings. The van der Waals surface area contributed by atoms with Crippen LogP contribution in [0.2, 0.25) is 5.15 Å². The van der Waals surface area contributed by atoms with Crippen LogP contribution in [0.3, 0.4) is 0 Å². The first-order valence-corrected chi connectivity index (χ1v) is 6.60. The first-order chi connectivity index (χ1) is 9.33. The Hall–Kier alpha value is -1.88. The van der Waals surface area contributed by atoms with Crippen LogP contribution in [0.5, 0.6) is 0 Å². The number of nitrogens with zero attached hydrogens (tertiary/aromatic N) is 5. The molecule has 1 saturated heterocycles. The lowest BCUT2D eigenvalue weighted by atomic mass is 10.3. The van der Waals surface area contributed by atoms with Crippen molar-refractivity contribution in [2.75, 3.05) is 36.0 Å². The first kappa shape index (κ1) is 12.2. The number of anilines is 2. The molecule has 0 aliphatic carbocycles. The Bertz CT molecular complexity index is 540. The van der Waals surface area contributed by atoms with Crippen LogP contribution < -0.4 is 9.80 Å². The average Bonchev–Trinajstić information content (AvgIpc) is 2.48. The summed E-state index contributed by atoms with van der Waals surface area (Å²) in [5.74, 6) is 1.04. The molecular formula is C13H14ClN5. The Morgan fingerprint density at radius 3 is 2.53 bits per heavy atom. The van der Waals surface area contributed by atoms with E-state index in [0.717, 1.165) is 37.7 Å². The van der Waals surface area contributed by atoms with E-state index in [-0.39, 0.29) is 0 Å². The minimum absolute atomic E-state index is 0.435. The minimum Gasteiger partial charge on any atom is -0.367 e. The Labute approximate surface area is 116 Å². The van der Waals surface area contributed by atoms with E-state index < -0.39 is 0 Å². The summed E-state index contributed by atoms with van der Waals surface area (Å²) in [7, 11) is 0. The Balaban J connectivity index is 1.67. The molecule has 3 heterocycles. The molecule has 0 spiro atoms. The zero-order chi connectivity index (χ0) is 13.1. The van der Waals surface area contributed by atoms with Gasteiger partial charge in [-0.25, -0.2) is 4.98 Å². The van der Waals surface area contributed by atoms with Gasteiger partial charge in [0.1, 0.15) is 5.82 Å². The number of halogens is 1. The first-order valence-electron chi connectivity index (χ1n) is 6.22. The minimum atomic E-state index is 0.435. The number of hydrogen-bond donors (Lipinski definition) is 0. The van der Waals surface area contributed by atoms with Crippen LogP contribution in [0, 0.1) is 0 Å². The standard InChI is InChI=1S/C13H14ClN5/c14-12-9-11(10-16-17-12)18-5-7-19(8-6-18)13-3-1-2-4-15-13/h1-4,9-10H,5-8H2. The number of rotatable bonds is 2.